The highest BCUT2D eigenvalue weighted by atomic mass is 16.6. The minimum atomic E-state index is -1.03. The molecule has 82 valence electrons. The normalized spacial score (nSPS) is 12.4. The SMILES string of the molecule is NCC[C@@H](O)c1cc(O)ccc1[N+](=O)[O-]. The summed E-state index contributed by atoms with van der Waals surface area (Å²) in [7, 11) is 0. The van der Waals surface area contributed by atoms with Gasteiger partial charge in [0.05, 0.1) is 16.6 Å². The van der Waals surface area contributed by atoms with E-state index in [0.29, 0.717) is 0 Å². The number of benzene rings is 1. The fourth-order valence-corrected chi connectivity index (χ4v) is 1.29. The number of phenols is 1. The number of hydrogen-bond donors (Lipinski definition) is 3. The van der Waals surface area contributed by atoms with Gasteiger partial charge in [-0.15, -0.1) is 0 Å². The molecule has 0 aliphatic carbocycles. The molecule has 0 unspecified atom stereocenters. The van der Waals surface area contributed by atoms with Gasteiger partial charge in [0.2, 0.25) is 0 Å². The van der Waals surface area contributed by atoms with Crippen molar-refractivity contribution in [1.29, 1.82) is 0 Å². The molecule has 6 heteroatoms. The van der Waals surface area contributed by atoms with Gasteiger partial charge in [-0.05, 0) is 25.1 Å². The predicted molar refractivity (Wildman–Crippen MR) is 53.4 cm³/mol. The molecule has 0 spiro atoms. The molecule has 0 aromatic heterocycles. The van der Waals surface area contributed by atoms with Crippen molar-refractivity contribution in [1.82, 2.24) is 0 Å². The molecule has 15 heavy (non-hydrogen) atoms. The van der Waals surface area contributed by atoms with Crippen molar-refractivity contribution < 1.29 is 15.1 Å². The van der Waals surface area contributed by atoms with Gasteiger partial charge >= 0.3 is 0 Å². The van der Waals surface area contributed by atoms with Crippen LogP contribution in [0.15, 0.2) is 18.2 Å². The van der Waals surface area contributed by atoms with Crippen LogP contribution >= 0.6 is 0 Å². The summed E-state index contributed by atoms with van der Waals surface area (Å²) in [6.45, 7) is 0.216. The summed E-state index contributed by atoms with van der Waals surface area (Å²) in [4.78, 5) is 10.0. The number of nitro groups is 1. The van der Waals surface area contributed by atoms with E-state index in [2.05, 4.69) is 0 Å². The molecular formula is C9H12N2O4. The Labute approximate surface area is 86.1 Å². The molecule has 0 amide bonds. The number of nitrogens with zero attached hydrogens (tertiary/aromatic N) is 1. The molecule has 4 N–H and O–H groups in total. The van der Waals surface area contributed by atoms with Crippen LogP contribution in [0.2, 0.25) is 0 Å². The van der Waals surface area contributed by atoms with Crippen molar-refractivity contribution in [3.05, 3.63) is 33.9 Å². The Morgan fingerprint density at radius 3 is 2.73 bits per heavy atom. The fourth-order valence-electron chi connectivity index (χ4n) is 1.29. The molecule has 1 rings (SSSR count). The second kappa shape index (κ2) is 4.72. The Morgan fingerprint density at radius 1 is 1.53 bits per heavy atom. The molecule has 0 radical (unpaired) electrons. The zero-order valence-electron chi connectivity index (χ0n) is 7.96. The van der Waals surface area contributed by atoms with Crippen molar-refractivity contribution in [2.75, 3.05) is 6.54 Å². The Kier molecular flexibility index (Phi) is 3.59. The van der Waals surface area contributed by atoms with E-state index in [1.54, 1.807) is 0 Å². The topological polar surface area (TPSA) is 110 Å². The van der Waals surface area contributed by atoms with Gasteiger partial charge in [0.25, 0.3) is 5.69 Å². The number of nitro benzene ring substituents is 1. The second-order valence-corrected chi connectivity index (χ2v) is 3.09. The highest BCUT2D eigenvalue weighted by Crippen LogP contribution is 2.29. The van der Waals surface area contributed by atoms with Gasteiger partial charge in [-0.25, -0.2) is 0 Å². The Hall–Kier alpha value is -1.66. The van der Waals surface area contributed by atoms with E-state index in [1.165, 1.54) is 12.1 Å². The molecule has 1 atom stereocenters. The van der Waals surface area contributed by atoms with Crippen LogP contribution < -0.4 is 5.73 Å². The van der Waals surface area contributed by atoms with E-state index in [9.17, 15) is 20.3 Å². The molecule has 0 saturated carbocycles. The number of nitrogens with two attached hydrogens (primary N) is 1. The highest BCUT2D eigenvalue weighted by molar-refractivity contribution is 5.46. The number of aliphatic hydroxyl groups excluding tert-OH is 1. The zero-order chi connectivity index (χ0) is 11.4. The van der Waals surface area contributed by atoms with Crippen molar-refractivity contribution in [3.63, 3.8) is 0 Å². The second-order valence-electron chi connectivity index (χ2n) is 3.09. The Balaban J connectivity index is 3.12. The maximum atomic E-state index is 10.6. The molecule has 0 saturated heterocycles. The number of aromatic hydroxyl groups is 1. The lowest BCUT2D eigenvalue weighted by molar-refractivity contribution is -0.386. The first kappa shape index (κ1) is 11.4. The number of aliphatic hydroxyl groups is 1. The van der Waals surface area contributed by atoms with Gasteiger partial charge in [-0.1, -0.05) is 0 Å². The van der Waals surface area contributed by atoms with Crippen molar-refractivity contribution in [3.8, 4) is 5.75 Å². The summed E-state index contributed by atoms with van der Waals surface area (Å²) in [5, 5.41) is 29.4. The Bertz CT molecular complexity index is 367. The maximum Gasteiger partial charge on any atom is 0.275 e. The number of hydrogen-bond acceptors (Lipinski definition) is 5. The van der Waals surface area contributed by atoms with Gasteiger partial charge in [0.15, 0.2) is 0 Å². The van der Waals surface area contributed by atoms with Crippen LogP contribution in [0.3, 0.4) is 0 Å². The molecular weight excluding hydrogens is 200 g/mol. The third-order valence-corrected chi connectivity index (χ3v) is 2.01. The summed E-state index contributed by atoms with van der Waals surface area (Å²) >= 11 is 0. The molecule has 0 heterocycles. The molecule has 1 aromatic rings. The van der Waals surface area contributed by atoms with Crippen LogP contribution in [0.5, 0.6) is 5.75 Å². The molecule has 0 aliphatic rings. The van der Waals surface area contributed by atoms with Gasteiger partial charge in [0, 0.05) is 6.07 Å². The third-order valence-electron chi connectivity index (χ3n) is 2.01. The van der Waals surface area contributed by atoms with Gasteiger partial charge in [-0.3, -0.25) is 10.1 Å². The minimum absolute atomic E-state index is 0.0884. The van der Waals surface area contributed by atoms with Crippen LogP contribution in [0.1, 0.15) is 18.1 Å². The fraction of sp³-hybridized carbons (Fsp3) is 0.333. The summed E-state index contributed by atoms with van der Waals surface area (Å²) in [5.41, 5.74) is 5.11. The summed E-state index contributed by atoms with van der Waals surface area (Å²) in [5.74, 6) is -0.119. The molecule has 0 bridgehead atoms. The molecule has 0 aliphatic heterocycles. The average molecular weight is 212 g/mol. The maximum absolute atomic E-state index is 10.6. The van der Waals surface area contributed by atoms with Crippen LogP contribution in [0, 0.1) is 10.1 Å². The lowest BCUT2D eigenvalue weighted by Gasteiger charge is -2.10. The first-order chi connectivity index (χ1) is 7.06. The van der Waals surface area contributed by atoms with Gasteiger partial charge in [0.1, 0.15) is 5.75 Å². The Morgan fingerprint density at radius 2 is 2.20 bits per heavy atom. The van der Waals surface area contributed by atoms with E-state index >= 15 is 0 Å². The number of rotatable bonds is 4. The van der Waals surface area contributed by atoms with Gasteiger partial charge in [-0.2, -0.15) is 0 Å². The monoisotopic (exact) mass is 212 g/mol. The molecule has 0 fully saturated rings. The third kappa shape index (κ3) is 2.64. The first-order valence-corrected chi connectivity index (χ1v) is 4.41. The van der Waals surface area contributed by atoms with E-state index in [4.69, 9.17) is 5.73 Å². The smallest absolute Gasteiger partial charge is 0.275 e. The summed E-state index contributed by atoms with van der Waals surface area (Å²) < 4.78 is 0. The first-order valence-electron chi connectivity index (χ1n) is 4.41. The molecule has 1 aromatic carbocycles. The van der Waals surface area contributed by atoms with Crippen LogP contribution in [-0.2, 0) is 0 Å². The van der Waals surface area contributed by atoms with E-state index in [0.717, 1.165) is 6.07 Å². The summed E-state index contributed by atoms with van der Waals surface area (Å²) in [6, 6.07) is 3.54. The molecule has 6 nitrogen and oxygen atoms in total. The van der Waals surface area contributed by atoms with Crippen LogP contribution in [0.4, 0.5) is 5.69 Å². The number of phenolic OH excluding ortho intramolecular Hbond substituents is 1. The van der Waals surface area contributed by atoms with Crippen molar-refractivity contribution >= 4 is 5.69 Å². The largest absolute Gasteiger partial charge is 0.508 e. The summed E-state index contributed by atoms with van der Waals surface area (Å²) in [6.07, 6.45) is -0.813. The standard InChI is InChI=1S/C9H12N2O4/c10-4-3-9(13)7-5-6(12)1-2-8(7)11(14)15/h1-2,5,9,12-13H,3-4,10H2/t9-/m1/s1. The lowest BCUT2D eigenvalue weighted by Crippen LogP contribution is -2.08. The zero-order valence-corrected chi connectivity index (χ0v) is 7.96. The van der Waals surface area contributed by atoms with E-state index in [1.807, 2.05) is 0 Å². The van der Waals surface area contributed by atoms with Gasteiger partial charge < -0.3 is 15.9 Å². The van der Waals surface area contributed by atoms with Crippen molar-refractivity contribution in [2.45, 2.75) is 12.5 Å². The van der Waals surface area contributed by atoms with Crippen molar-refractivity contribution in [2.24, 2.45) is 5.73 Å². The van der Waals surface area contributed by atoms with Crippen LogP contribution in [0.25, 0.3) is 0 Å². The highest BCUT2D eigenvalue weighted by Gasteiger charge is 2.20. The predicted octanol–water partition coefficient (Wildman–Crippen LogP) is 0.683. The van der Waals surface area contributed by atoms with Crippen LogP contribution in [-0.4, -0.2) is 21.7 Å². The lowest BCUT2D eigenvalue weighted by atomic mass is 10.0. The average Bonchev–Trinajstić information content (AvgIpc) is 2.17. The van der Waals surface area contributed by atoms with E-state index < -0.39 is 11.0 Å². The quantitative estimate of drug-likeness (QED) is 0.502. The van der Waals surface area contributed by atoms with E-state index in [-0.39, 0.29) is 30.0 Å². The minimum Gasteiger partial charge on any atom is -0.508 e.